The molecule has 1 aromatic heterocycles. The van der Waals surface area contributed by atoms with Gasteiger partial charge in [-0.25, -0.2) is 13.4 Å². The molecule has 10 heteroatoms. The van der Waals surface area contributed by atoms with E-state index in [1.807, 2.05) is 30.3 Å². The lowest BCUT2D eigenvalue weighted by Crippen LogP contribution is -2.52. The van der Waals surface area contributed by atoms with E-state index in [0.29, 0.717) is 0 Å². The molecule has 2 unspecified atom stereocenters. The van der Waals surface area contributed by atoms with Crippen LogP contribution in [0.25, 0.3) is 0 Å². The smallest absolute Gasteiger partial charge is 0.251 e. The molecule has 0 saturated heterocycles. The second-order valence-electron chi connectivity index (χ2n) is 8.01. The first-order valence-corrected chi connectivity index (χ1v) is 12.1. The van der Waals surface area contributed by atoms with Gasteiger partial charge in [0.1, 0.15) is 5.78 Å². The number of sulfonamides is 1. The van der Waals surface area contributed by atoms with Crippen molar-refractivity contribution in [3.05, 3.63) is 59.8 Å². The van der Waals surface area contributed by atoms with E-state index >= 15 is 0 Å². The molecule has 0 saturated carbocycles. The van der Waals surface area contributed by atoms with Crippen LogP contribution < -0.4 is 10.1 Å². The van der Waals surface area contributed by atoms with Gasteiger partial charge < -0.3 is 15.2 Å². The monoisotopic (exact) mass is 477 g/mol. The molecule has 2 N–H and O–H groups in total. The number of nitrogens with zero attached hydrogens (tertiary/aromatic N) is 2. The average Bonchev–Trinajstić information content (AvgIpc) is 2.78. The van der Waals surface area contributed by atoms with Crippen molar-refractivity contribution in [1.29, 1.82) is 0 Å². The number of ether oxygens (including phenoxy) is 1. The number of carbonyl (C=O) groups excluding carboxylic acids is 2. The van der Waals surface area contributed by atoms with E-state index in [1.165, 1.54) is 46.2 Å². The Morgan fingerprint density at radius 3 is 2.42 bits per heavy atom. The number of Topliss-reactive ketones (excluding diaryl/α,β-unsaturated/α-hetero) is 1. The molecule has 2 aromatic rings. The zero-order valence-electron chi connectivity index (χ0n) is 19.3. The normalized spacial score (nSPS) is 13.5. The summed E-state index contributed by atoms with van der Waals surface area (Å²) in [5.74, 6) is -0.557. The van der Waals surface area contributed by atoms with Crippen molar-refractivity contribution in [1.82, 2.24) is 14.6 Å². The fourth-order valence-corrected chi connectivity index (χ4v) is 4.52. The molecule has 0 aliphatic rings. The first-order valence-electron chi connectivity index (χ1n) is 10.6. The highest BCUT2D eigenvalue weighted by Crippen LogP contribution is 2.15. The second-order valence-corrected chi connectivity index (χ2v) is 10.5. The minimum Gasteiger partial charge on any atom is -0.481 e. The van der Waals surface area contributed by atoms with Gasteiger partial charge in [-0.15, -0.1) is 0 Å². The van der Waals surface area contributed by atoms with E-state index in [4.69, 9.17) is 4.74 Å². The maximum atomic E-state index is 12.9. The van der Waals surface area contributed by atoms with Gasteiger partial charge in [-0.05, 0) is 38.8 Å². The van der Waals surface area contributed by atoms with Crippen molar-refractivity contribution in [2.45, 2.75) is 44.6 Å². The predicted octanol–water partition coefficient (Wildman–Crippen LogP) is 1.42. The number of rotatable bonds is 12. The number of ketones is 1. The highest BCUT2D eigenvalue weighted by Gasteiger charge is 2.32. The largest absolute Gasteiger partial charge is 0.481 e. The van der Waals surface area contributed by atoms with Crippen LogP contribution >= 0.6 is 0 Å². The zero-order valence-corrected chi connectivity index (χ0v) is 20.1. The Morgan fingerprint density at radius 2 is 1.85 bits per heavy atom. The van der Waals surface area contributed by atoms with E-state index in [9.17, 15) is 23.1 Å². The molecule has 0 radical (unpaired) electrons. The van der Waals surface area contributed by atoms with E-state index < -0.39 is 33.3 Å². The third-order valence-electron chi connectivity index (χ3n) is 5.03. The molecule has 0 spiro atoms. The Kier molecular flexibility index (Phi) is 9.51. The minimum atomic E-state index is -3.81. The molecule has 1 heterocycles. The van der Waals surface area contributed by atoms with Crippen LogP contribution in [0.1, 0.15) is 36.7 Å². The van der Waals surface area contributed by atoms with Crippen molar-refractivity contribution in [2.24, 2.45) is 0 Å². The van der Waals surface area contributed by atoms with Gasteiger partial charge in [-0.1, -0.05) is 30.3 Å². The molecule has 2 rings (SSSR count). The van der Waals surface area contributed by atoms with Crippen LogP contribution in [0.4, 0.5) is 0 Å². The SMILES string of the molecule is COc1cc(C(=O)NC(Cc2ccccc2)C(O)CN(CC(C)=O)S(=O)(=O)C(C)C)ccn1. The Bertz CT molecular complexity index is 1040. The number of pyridine rings is 1. The lowest BCUT2D eigenvalue weighted by molar-refractivity contribution is -0.117. The average molecular weight is 478 g/mol. The first-order chi connectivity index (χ1) is 15.5. The quantitative estimate of drug-likeness (QED) is 0.473. The van der Waals surface area contributed by atoms with Crippen LogP contribution in [0.15, 0.2) is 48.7 Å². The fraction of sp³-hybridized carbons (Fsp3) is 0.435. The molecule has 9 nitrogen and oxygen atoms in total. The fourth-order valence-electron chi connectivity index (χ4n) is 3.21. The molecule has 33 heavy (non-hydrogen) atoms. The summed E-state index contributed by atoms with van der Waals surface area (Å²) in [5.41, 5.74) is 1.13. The van der Waals surface area contributed by atoms with Crippen LogP contribution in [-0.4, -0.2) is 72.1 Å². The third-order valence-corrected chi connectivity index (χ3v) is 7.22. The molecule has 2 atom stereocenters. The number of aromatic nitrogens is 1. The van der Waals surface area contributed by atoms with Crippen molar-refractivity contribution >= 4 is 21.7 Å². The lowest BCUT2D eigenvalue weighted by atomic mass is 10.0. The summed E-state index contributed by atoms with van der Waals surface area (Å²) in [6.07, 6.45) is 0.414. The number of aliphatic hydroxyl groups is 1. The van der Waals surface area contributed by atoms with E-state index in [2.05, 4.69) is 10.3 Å². The number of amides is 1. The molecule has 0 fully saturated rings. The van der Waals surface area contributed by atoms with Crippen LogP contribution in [0.3, 0.4) is 0 Å². The van der Waals surface area contributed by atoms with E-state index in [1.54, 1.807) is 0 Å². The molecule has 1 aromatic carbocycles. The highest BCUT2D eigenvalue weighted by atomic mass is 32.2. The Morgan fingerprint density at radius 1 is 1.18 bits per heavy atom. The van der Waals surface area contributed by atoms with Gasteiger partial charge in [0, 0.05) is 24.4 Å². The highest BCUT2D eigenvalue weighted by molar-refractivity contribution is 7.89. The molecular weight excluding hydrogens is 446 g/mol. The summed E-state index contributed by atoms with van der Waals surface area (Å²) in [6, 6.07) is 11.4. The summed E-state index contributed by atoms with van der Waals surface area (Å²) in [6.45, 7) is 3.61. The lowest BCUT2D eigenvalue weighted by Gasteiger charge is -2.30. The van der Waals surface area contributed by atoms with Gasteiger partial charge in [0.25, 0.3) is 5.91 Å². The number of benzene rings is 1. The van der Waals surface area contributed by atoms with Gasteiger partial charge in [0.05, 0.1) is 31.1 Å². The number of methoxy groups -OCH3 is 1. The molecule has 0 bridgehead atoms. The van der Waals surface area contributed by atoms with Crippen molar-refractivity contribution < 1.29 is 27.9 Å². The van der Waals surface area contributed by atoms with Gasteiger partial charge >= 0.3 is 0 Å². The first kappa shape index (κ1) is 26.4. The van der Waals surface area contributed by atoms with Crippen LogP contribution in [0.5, 0.6) is 5.88 Å². The summed E-state index contributed by atoms with van der Waals surface area (Å²) in [5, 5.41) is 13.1. The van der Waals surface area contributed by atoms with E-state index in [0.717, 1.165) is 9.87 Å². The predicted molar refractivity (Wildman–Crippen MR) is 125 cm³/mol. The maximum absolute atomic E-state index is 12.9. The van der Waals surface area contributed by atoms with Gasteiger partial charge in [-0.3, -0.25) is 9.59 Å². The van der Waals surface area contributed by atoms with E-state index in [-0.39, 0.29) is 36.7 Å². The molecule has 180 valence electrons. The molecular formula is C23H31N3O6S. The summed E-state index contributed by atoms with van der Waals surface area (Å²) < 4.78 is 31.5. The Hall–Kier alpha value is -2.82. The number of hydrogen-bond acceptors (Lipinski definition) is 7. The molecule has 1 amide bonds. The van der Waals surface area contributed by atoms with Gasteiger partial charge in [0.2, 0.25) is 15.9 Å². The number of carbonyl (C=O) groups is 2. The molecule has 0 aliphatic carbocycles. The van der Waals surface area contributed by atoms with Crippen LogP contribution in [0, 0.1) is 0 Å². The number of nitrogens with one attached hydrogen (secondary N) is 1. The van der Waals surface area contributed by atoms with Crippen LogP contribution in [-0.2, 0) is 21.2 Å². The zero-order chi connectivity index (χ0) is 24.6. The van der Waals surface area contributed by atoms with Crippen molar-refractivity contribution in [2.75, 3.05) is 20.2 Å². The van der Waals surface area contributed by atoms with Crippen LogP contribution in [0.2, 0.25) is 0 Å². The number of aliphatic hydroxyl groups excluding tert-OH is 1. The minimum absolute atomic E-state index is 0.256. The molecule has 0 aliphatic heterocycles. The van der Waals surface area contributed by atoms with Crippen molar-refractivity contribution in [3.63, 3.8) is 0 Å². The second kappa shape index (κ2) is 11.9. The number of hydrogen-bond donors (Lipinski definition) is 2. The summed E-state index contributed by atoms with van der Waals surface area (Å²) in [4.78, 5) is 28.6. The Labute approximate surface area is 194 Å². The van der Waals surface area contributed by atoms with Gasteiger partial charge in [0.15, 0.2) is 0 Å². The maximum Gasteiger partial charge on any atom is 0.251 e. The topological polar surface area (TPSA) is 126 Å². The van der Waals surface area contributed by atoms with Crippen molar-refractivity contribution in [3.8, 4) is 5.88 Å². The summed E-state index contributed by atoms with van der Waals surface area (Å²) in [7, 11) is -2.37. The Balaban J connectivity index is 2.30. The third kappa shape index (κ3) is 7.62. The standard InChI is InChI=1S/C23H31N3O6S/c1-16(2)33(30,31)26(14-17(3)27)15-21(28)20(12-18-8-6-5-7-9-18)25-23(29)19-10-11-24-22(13-19)32-4/h5-11,13,16,20-21,28H,12,14-15H2,1-4H3,(H,25,29). The van der Waals surface area contributed by atoms with Gasteiger partial charge in [-0.2, -0.15) is 4.31 Å². The summed E-state index contributed by atoms with van der Waals surface area (Å²) >= 11 is 0.